The van der Waals surface area contributed by atoms with Crippen LogP contribution in [-0.4, -0.2) is 16.9 Å². The van der Waals surface area contributed by atoms with Gasteiger partial charge in [-0.15, -0.1) is 0 Å². The molecule has 0 aromatic heterocycles. The maximum Gasteiger partial charge on any atom is 0.336 e. The molecule has 96 valence electrons. The van der Waals surface area contributed by atoms with Crippen molar-refractivity contribution in [2.75, 3.05) is 0 Å². The van der Waals surface area contributed by atoms with E-state index in [0.717, 1.165) is 5.56 Å². The Bertz CT molecular complexity index is 621. The molecule has 2 rings (SSSR count). The molecule has 4 heteroatoms. The molecule has 1 N–H and O–H groups in total. The fourth-order valence-electron chi connectivity index (χ4n) is 1.86. The Morgan fingerprint density at radius 3 is 2.32 bits per heavy atom. The number of hydrogen-bond acceptors (Lipinski definition) is 2. The number of carbonyl (C=O) groups excluding carboxylic acids is 1. The van der Waals surface area contributed by atoms with Crippen molar-refractivity contribution in [1.82, 2.24) is 0 Å². The lowest BCUT2D eigenvalue weighted by Gasteiger charge is -2.07. The molecular formula is C15H11ClO3. The summed E-state index contributed by atoms with van der Waals surface area (Å²) in [5, 5.41) is 9.26. The van der Waals surface area contributed by atoms with Gasteiger partial charge in [-0.1, -0.05) is 48.0 Å². The van der Waals surface area contributed by atoms with E-state index < -0.39 is 5.97 Å². The maximum absolute atomic E-state index is 12.2. The fourth-order valence-corrected chi connectivity index (χ4v) is 2.14. The Kier molecular flexibility index (Phi) is 3.97. The van der Waals surface area contributed by atoms with Crippen LogP contribution in [-0.2, 0) is 6.42 Å². The van der Waals surface area contributed by atoms with Crippen molar-refractivity contribution < 1.29 is 14.7 Å². The Balaban J connectivity index is 2.36. The topological polar surface area (TPSA) is 54.4 Å². The number of benzene rings is 2. The van der Waals surface area contributed by atoms with Gasteiger partial charge in [0, 0.05) is 6.42 Å². The van der Waals surface area contributed by atoms with Crippen LogP contribution >= 0.6 is 11.6 Å². The summed E-state index contributed by atoms with van der Waals surface area (Å²) in [6, 6.07) is 13.6. The van der Waals surface area contributed by atoms with E-state index in [1.165, 1.54) is 18.2 Å². The van der Waals surface area contributed by atoms with Gasteiger partial charge in [0.15, 0.2) is 5.78 Å². The Morgan fingerprint density at radius 1 is 1.00 bits per heavy atom. The summed E-state index contributed by atoms with van der Waals surface area (Å²) in [6.45, 7) is 0. The average Bonchev–Trinajstić information content (AvgIpc) is 2.39. The second-order valence-electron chi connectivity index (χ2n) is 4.05. The highest BCUT2D eigenvalue weighted by Gasteiger charge is 2.19. The molecule has 0 atom stereocenters. The van der Waals surface area contributed by atoms with Crippen LogP contribution in [0, 0.1) is 0 Å². The fraction of sp³-hybridized carbons (Fsp3) is 0.0667. The van der Waals surface area contributed by atoms with E-state index in [2.05, 4.69) is 0 Å². The summed E-state index contributed by atoms with van der Waals surface area (Å²) in [5.41, 5.74) is 0.831. The Labute approximate surface area is 115 Å². The Hall–Kier alpha value is -2.13. The monoisotopic (exact) mass is 274 g/mol. The number of halogens is 1. The van der Waals surface area contributed by atoms with E-state index in [1.54, 1.807) is 0 Å². The minimum absolute atomic E-state index is 0.0616. The minimum Gasteiger partial charge on any atom is -0.478 e. The summed E-state index contributed by atoms with van der Waals surface area (Å²) in [6.07, 6.45) is 0.130. The molecule has 0 unspecified atom stereocenters. The second-order valence-corrected chi connectivity index (χ2v) is 4.46. The van der Waals surface area contributed by atoms with Crippen molar-refractivity contribution in [3.05, 3.63) is 70.2 Å². The largest absolute Gasteiger partial charge is 0.478 e. The van der Waals surface area contributed by atoms with Crippen LogP contribution in [0.3, 0.4) is 0 Å². The third-order valence-electron chi connectivity index (χ3n) is 2.73. The highest BCUT2D eigenvalue weighted by Crippen LogP contribution is 2.22. The molecule has 0 amide bonds. The lowest BCUT2D eigenvalue weighted by atomic mass is 9.98. The first-order valence-corrected chi connectivity index (χ1v) is 6.06. The van der Waals surface area contributed by atoms with Crippen molar-refractivity contribution in [1.29, 1.82) is 0 Å². The molecule has 3 nitrogen and oxygen atoms in total. The maximum atomic E-state index is 12.2. The molecule has 0 bridgehead atoms. The molecule has 0 radical (unpaired) electrons. The van der Waals surface area contributed by atoms with Crippen LogP contribution in [0.15, 0.2) is 48.5 Å². The summed E-state index contributed by atoms with van der Waals surface area (Å²) in [5.74, 6) is -1.45. The predicted molar refractivity (Wildman–Crippen MR) is 72.9 cm³/mol. The van der Waals surface area contributed by atoms with Crippen molar-refractivity contribution in [2.45, 2.75) is 6.42 Å². The van der Waals surface area contributed by atoms with E-state index in [1.807, 2.05) is 30.3 Å². The van der Waals surface area contributed by atoms with Gasteiger partial charge in [0.05, 0.1) is 16.1 Å². The van der Waals surface area contributed by atoms with Crippen molar-refractivity contribution in [2.24, 2.45) is 0 Å². The number of carboxylic acids is 1. The first-order chi connectivity index (χ1) is 9.09. The van der Waals surface area contributed by atoms with E-state index in [-0.39, 0.29) is 28.4 Å². The highest BCUT2D eigenvalue weighted by atomic mass is 35.5. The van der Waals surface area contributed by atoms with E-state index in [0.29, 0.717) is 0 Å². The van der Waals surface area contributed by atoms with E-state index in [9.17, 15) is 9.59 Å². The van der Waals surface area contributed by atoms with E-state index in [4.69, 9.17) is 16.7 Å². The quantitative estimate of drug-likeness (QED) is 0.869. The third-order valence-corrected chi connectivity index (χ3v) is 3.05. The second kappa shape index (κ2) is 5.67. The summed E-state index contributed by atoms with van der Waals surface area (Å²) < 4.78 is 0. The predicted octanol–water partition coefficient (Wildman–Crippen LogP) is 3.46. The zero-order chi connectivity index (χ0) is 13.8. The van der Waals surface area contributed by atoms with Crippen molar-refractivity contribution in [3.63, 3.8) is 0 Å². The van der Waals surface area contributed by atoms with Gasteiger partial charge in [0.1, 0.15) is 0 Å². The number of aromatic carboxylic acids is 1. The number of Topliss-reactive ketones (excluding diaryl/α,β-unsaturated/α-hetero) is 1. The summed E-state index contributed by atoms with van der Waals surface area (Å²) >= 11 is 5.95. The molecule has 0 aliphatic heterocycles. The van der Waals surface area contributed by atoms with Gasteiger partial charge >= 0.3 is 5.97 Å². The van der Waals surface area contributed by atoms with Crippen LogP contribution in [0.4, 0.5) is 0 Å². The number of carboxylic acid groups (broad SMARTS) is 1. The molecule has 2 aromatic carbocycles. The SMILES string of the molecule is O=C(O)c1cccc(Cl)c1C(=O)Cc1ccccc1. The Morgan fingerprint density at radius 2 is 1.68 bits per heavy atom. The molecule has 2 aromatic rings. The molecule has 0 saturated heterocycles. The molecule has 0 fully saturated rings. The van der Waals surface area contributed by atoms with Crippen molar-refractivity contribution >= 4 is 23.4 Å². The first-order valence-electron chi connectivity index (χ1n) is 5.68. The van der Waals surface area contributed by atoms with Gasteiger partial charge in [0.2, 0.25) is 0 Å². The highest BCUT2D eigenvalue weighted by molar-refractivity contribution is 6.35. The van der Waals surface area contributed by atoms with Gasteiger partial charge in [-0.05, 0) is 17.7 Å². The number of ketones is 1. The zero-order valence-electron chi connectivity index (χ0n) is 9.97. The van der Waals surface area contributed by atoms with Gasteiger partial charge in [-0.3, -0.25) is 4.79 Å². The van der Waals surface area contributed by atoms with Crippen LogP contribution in [0.5, 0.6) is 0 Å². The molecular weight excluding hydrogens is 264 g/mol. The van der Waals surface area contributed by atoms with Gasteiger partial charge < -0.3 is 5.11 Å². The normalized spacial score (nSPS) is 10.2. The lowest BCUT2D eigenvalue weighted by molar-refractivity contribution is 0.0692. The van der Waals surface area contributed by atoms with Gasteiger partial charge in [-0.2, -0.15) is 0 Å². The summed E-state index contributed by atoms with van der Waals surface area (Å²) in [4.78, 5) is 23.3. The molecule has 19 heavy (non-hydrogen) atoms. The number of hydrogen-bond donors (Lipinski definition) is 1. The smallest absolute Gasteiger partial charge is 0.336 e. The standard InChI is InChI=1S/C15H11ClO3/c16-12-8-4-7-11(15(18)19)14(12)13(17)9-10-5-2-1-3-6-10/h1-8H,9H2,(H,18,19). The van der Waals surface area contributed by atoms with Crippen molar-refractivity contribution in [3.8, 4) is 0 Å². The summed E-state index contributed by atoms with van der Waals surface area (Å²) in [7, 11) is 0. The van der Waals surface area contributed by atoms with Crippen LogP contribution in [0.2, 0.25) is 5.02 Å². The molecule has 0 aliphatic carbocycles. The van der Waals surface area contributed by atoms with Crippen LogP contribution in [0.1, 0.15) is 26.3 Å². The molecule has 0 heterocycles. The minimum atomic E-state index is -1.15. The average molecular weight is 275 g/mol. The zero-order valence-corrected chi connectivity index (χ0v) is 10.7. The molecule has 0 aliphatic rings. The lowest BCUT2D eigenvalue weighted by Crippen LogP contribution is -2.11. The number of carbonyl (C=O) groups is 2. The number of rotatable bonds is 4. The van der Waals surface area contributed by atoms with Gasteiger partial charge in [-0.25, -0.2) is 4.79 Å². The van der Waals surface area contributed by atoms with E-state index >= 15 is 0 Å². The van der Waals surface area contributed by atoms with Crippen LogP contribution < -0.4 is 0 Å². The van der Waals surface area contributed by atoms with Crippen LogP contribution in [0.25, 0.3) is 0 Å². The molecule has 0 saturated carbocycles. The third kappa shape index (κ3) is 3.01. The first kappa shape index (κ1) is 13.3. The molecule has 0 spiro atoms. The van der Waals surface area contributed by atoms with Gasteiger partial charge in [0.25, 0.3) is 0 Å².